The molecular weight excluding hydrogens is 226 g/mol. The molecule has 94 valence electrons. The first-order valence-electron chi connectivity index (χ1n) is 6.54. The lowest BCUT2D eigenvalue weighted by Gasteiger charge is -2.21. The third kappa shape index (κ3) is 2.53. The van der Waals surface area contributed by atoms with Gasteiger partial charge >= 0.3 is 0 Å². The Morgan fingerprint density at radius 3 is 2.61 bits per heavy atom. The van der Waals surface area contributed by atoms with Crippen LogP contribution in [0, 0.1) is 0 Å². The number of aromatic nitrogens is 3. The number of hydrogen-bond donors (Lipinski definition) is 0. The highest BCUT2D eigenvalue weighted by Gasteiger charge is 2.16. The average Bonchev–Trinajstić information content (AvgIpc) is 2.89. The molecule has 2 heterocycles. The molecule has 0 saturated heterocycles. The largest absolute Gasteiger partial charge is 0.454 e. The summed E-state index contributed by atoms with van der Waals surface area (Å²) in [5.74, 6) is 1.60. The second-order valence-corrected chi connectivity index (χ2v) is 4.73. The summed E-state index contributed by atoms with van der Waals surface area (Å²) in [5, 5.41) is 4.41. The molecule has 1 aliphatic carbocycles. The molecule has 0 aromatic carbocycles. The lowest BCUT2D eigenvalue weighted by molar-refractivity contribution is 0.328. The van der Waals surface area contributed by atoms with Gasteiger partial charge in [-0.25, -0.2) is 0 Å². The first kappa shape index (κ1) is 11.3. The van der Waals surface area contributed by atoms with E-state index in [0.29, 0.717) is 6.04 Å². The van der Waals surface area contributed by atoms with Crippen LogP contribution in [0.3, 0.4) is 0 Å². The molecule has 18 heavy (non-hydrogen) atoms. The summed E-state index contributed by atoms with van der Waals surface area (Å²) in [7, 11) is 0. The molecule has 0 N–H and O–H groups in total. The summed E-state index contributed by atoms with van der Waals surface area (Å²) in [6.07, 6.45) is 13.7. The van der Waals surface area contributed by atoms with Crippen molar-refractivity contribution in [1.29, 1.82) is 0 Å². The predicted octanol–water partition coefficient (Wildman–Crippen LogP) is 3.58. The highest BCUT2D eigenvalue weighted by molar-refractivity contribution is 5.25. The van der Waals surface area contributed by atoms with Crippen molar-refractivity contribution in [3.63, 3.8) is 0 Å². The van der Waals surface area contributed by atoms with Gasteiger partial charge in [-0.1, -0.05) is 19.3 Å². The zero-order valence-corrected chi connectivity index (χ0v) is 10.3. The summed E-state index contributed by atoms with van der Waals surface area (Å²) < 4.78 is 7.78. The Morgan fingerprint density at radius 1 is 1.06 bits per heavy atom. The molecule has 0 atom stereocenters. The minimum atomic E-state index is 0.550. The second-order valence-electron chi connectivity index (χ2n) is 4.73. The number of rotatable bonds is 3. The SMILES string of the molecule is c1cc(Oc2cnn(C3CCCCC3)c2)ccn1. The van der Waals surface area contributed by atoms with Crippen molar-refractivity contribution in [3.8, 4) is 11.5 Å². The van der Waals surface area contributed by atoms with E-state index in [1.807, 2.05) is 18.3 Å². The third-order valence-corrected chi connectivity index (χ3v) is 3.41. The van der Waals surface area contributed by atoms with Crippen LogP contribution >= 0.6 is 0 Å². The van der Waals surface area contributed by atoms with Crippen LogP contribution in [0.2, 0.25) is 0 Å². The summed E-state index contributed by atoms with van der Waals surface area (Å²) in [6, 6.07) is 4.24. The predicted molar refractivity (Wildman–Crippen MR) is 68.7 cm³/mol. The Kier molecular flexibility index (Phi) is 3.26. The van der Waals surface area contributed by atoms with Gasteiger partial charge in [0.2, 0.25) is 0 Å². The van der Waals surface area contributed by atoms with Gasteiger partial charge < -0.3 is 4.74 Å². The molecule has 4 nitrogen and oxygen atoms in total. The van der Waals surface area contributed by atoms with E-state index in [1.165, 1.54) is 32.1 Å². The minimum Gasteiger partial charge on any atom is -0.454 e. The second kappa shape index (κ2) is 5.21. The molecule has 4 heteroatoms. The van der Waals surface area contributed by atoms with Crippen molar-refractivity contribution in [2.45, 2.75) is 38.1 Å². The fourth-order valence-electron chi connectivity index (χ4n) is 2.46. The molecule has 1 saturated carbocycles. The van der Waals surface area contributed by atoms with Gasteiger partial charge in [-0.15, -0.1) is 0 Å². The van der Waals surface area contributed by atoms with Crippen molar-refractivity contribution in [1.82, 2.24) is 14.8 Å². The molecule has 0 spiro atoms. The Hall–Kier alpha value is -1.84. The quantitative estimate of drug-likeness (QED) is 0.827. The van der Waals surface area contributed by atoms with Crippen molar-refractivity contribution in [2.24, 2.45) is 0 Å². The molecule has 1 aliphatic rings. The molecule has 0 aliphatic heterocycles. The number of ether oxygens (including phenoxy) is 1. The molecule has 2 aromatic heterocycles. The van der Waals surface area contributed by atoms with Crippen LogP contribution < -0.4 is 4.74 Å². The molecule has 0 bridgehead atoms. The standard InChI is InChI=1S/C14H17N3O/c1-2-4-12(5-3-1)17-11-14(10-16-17)18-13-6-8-15-9-7-13/h6-12H,1-5H2. The molecule has 0 amide bonds. The van der Waals surface area contributed by atoms with Gasteiger partial charge in [0.25, 0.3) is 0 Å². The van der Waals surface area contributed by atoms with Crippen LogP contribution in [0.1, 0.15) is 38.1 Å². The van der Waals surface area contributed by atoms with Gasteiger partial charge in [0.1, 0.15) is 5.75 Å². The maximum absolute atomic E-state index is 5.73. The topological polar surface area (TPSA) is 39.9 Å². The van der Waals surface area contributed by atoms with Gasteiger partial charge in [0.05, 0.1) is 18.4 Å². The molecule has 2 aromatic rings. The van der Waals surface area contributed by atoms with E-state index in [-0.39, 0.29) is 0 Å². The highest BCUT2D eigenvalue weighted by Crippen LogP contribution is 2.29. The van der Waals surface area contributed by atoms with E-state index in [9.17, 15) is 0 Å². The average molecular weight is 243 g/mol. The lowest BCUT2D eigenvalue weighted by atomic mass is 9.96. The highest BCUT2D eigenvalue weighted by atomic mass is 16.5. The summed E-state index contributed by atoms with van der Waals surface area (Å²) in [4.78, 5) is 3.96. The van der Waals surface area contributed by atoms with Crippen LogP contribution in [0.15, 0.2) is 36.9 Å². The van der Waals surface area contributed by atoms with Crippen LogP contribution in [0.4, 0.5) is 0 Å². The first-order valence-corrected chi connectivity index (χ1v) is 6.54. The van der Waals surface area contributed by atoms with Crippen molar-refractivity contribution in [2.75, 3.05) is 0 Å². The summed E-state index contributed by atoms with van der Waals surface area (Å²) >= 11 is 0. The van der Waals surface area contributed by atoms with E-state index in [2.05, 4.69) is 14.8 Å². The third-order valence-electron chi connectivity index (χ3n) is 3.41. The maximum atomic E-state index is 5.73. The fraction of sp³-hybridized carbons (Fsp3) is 0.429. The summed E-state index contributed by atoms with van der Waals surface area (Å²) in [6.45, 7) is 0. The van der Waals surface area contributed by atoms with E-state index < -0.39 is 0 Å². The van der Waals surface area contributed by atoms with Gasteiger partial charge in [-0.3, -0.25) is 9.67 Å². The Bertz CT molecular complexity index is 489. The summed E-state index contributed by atoms with van der Waals surface area (Å²) in [5.41, 5.74) is 0. The van der Waals surface area contributed by atoms with Gasteiger partial charge in [-0.2, -0.15) is 5.10 Å². The molecule has 1 fully saturated rings. The van der Waals surface area contributed by atoms with Crippen LogP contribution in [-0.2, 0) is 0 Å². The van der Waals surface area contributed by atoms with Crippen LogP contribution in [-0.4, -0.2) is 14.8 Å². The van der Waals surface area contributed by atoms with E-state index in [4.69, 9.17) is 4.74 Å². The normalized spacial score (nSPS) is 16.7. The van der Waals surface area contributed by atoms with Crippen molar-refractivity contribution < 1.29 is 4.74 Å². The number of nitrogens with zero attached hydrogens (tertiary/aromatic N) is 3. The van der Waals surface area contributed by atoms with E-state index >= 15 is 0 Å². The van der Waals surface area contributed by atoms with Crippen molar-refractivity contribution >= 4 is 0 Å². The van der Waals surface area contributed by atoms with Crippen LogP contribution in [0.25, 0.3) is 0 Å². The fourth-order valence-corrected chi connectivity index (χ4v) is 2.46. The molecule has 0 unspecified atom stereocenters. The Labute approximate surface area is 107 Å². The van der Waals surface area contributed by atoms with Gasteiger partial charge in [0.15, 0.2) is 5.75 Å². The Morgan fingerprint density at radius 2 is 1.83 bits per heavy atom. The zero-order valence-electron chi connectivity index (χ0n) is 10.3. The number of pyridine rings is 1. The molecular formula is C14H17N3O. The van der Waals surface area contributed by atoms with Crippen molar-refractivity contribution in [3.05, 3.63) is 36.9 Å². The van der Waals surface area contributed by atoms with Crippen LogP contribution in [0.5, 0.6) is 11.5 Å². The first-order chi connectivity index (χ1) is 8.92. The number of hydrogen-bond acceptors (Lipinski definition) is 3. The Balaban J connectivity index is 1.69. The molecule has 3 rings (SSSR count). The van der Waals surface area contributed by atoms with E-state index in [1.54, 1.807) is 18.6 Å². The smallest absolute Gasteiger partial charge is 0.165 e. The minimum absolute atomic E-state index is 0.550. The maximum Gasteiger partial charge on any atom is 0.165 e. The van der Waals surface area contributed by atoms with E-state index in [0.717, 1.165) is 11.5 Å². The molecule has 0 radical (unpaired) electrons. The monoisotopic (exact) mass is 243 g/mol. The van der Waals surface area contributed by atoms with Gasteiger partial charge in [0, 0.05) is 12.4 Å². The lowest BCUT2D eigenvalue weighted by Crippen LogP contribution is -2.12. The zero-order chi connectivity index (χ0) is 12.2. The van der Waals surface area contributed by atoms with Gasteiger partial charge in [-0.05, 0) is 25.0 Å².